The summed E-state index contributed by atoms with van der Waals surface area (Å²) in [5.74, 6) is -0.230. The number of fused-ring (bicyclic) bond motifs is 1. The molecular formula is C20H20N8O4S. The van der Waals surface area contributed by atoms with Gasteiger partial charge in [0.2, 0.25) is 11.8 Å². The van der Waals surface area contributed by atoms with Gasteiger partial charge in [-0.25, -0.2) is 10.2 Å². The number of rotatable bonds is 4. The van der Waals surface area contributed by atoms with Crippen LogP contribution in [0, 0.1) is 11.7 Å². The van der Waals surface area contributed by atoms with Crippen molar-refractivity contribution in [2.45, 2.75) is 6.92 Å². The maximum absolute atomic E-state index is 12.5. The van der Waals surface area contributed by atoms with E-state index in [0.717, 1.165) is 16.3 Å². The van der Waals surface area contributed by atoms with Crippen LogP contribution in [0.4, 0.5) is 5.95 Å². The lowest BCUT2D eigenvalue weighted by atomic mass is 10.2. The zero-order valence-corrected chi connectivity index (χ0v) is 19.0. The summed E-state index contributed by atoms with van der Waals surface area (Å²) in [5.41, 5.74) is 2.67. The number of nitrogens with zero attached hydrogens (tertiary/aromatic N) is 6. The van der Waals surface area contributed by atoms with E-state index in [4.69, 9.17) is 12.2 Å². The smallest absolute Gasteiger partial charge is 0.332 e. The molecule has 0 aliphatic rings. The van der Waals surface area contributed by atoms with Gasteiger partial charge in [0.05, 0.1) is 11.9 Å². The average Bonchev–Trinajstić information content (AvgIpc) is 3.10. The maximum Gasteiger partial charge on any atom is 0.332 e. The van der Waals surface area contributed by atoms with Gasteiger partial charge in [-0.2, -0.15) is 10.1 Å². The molecule has 1 aromatic carbocycles. The summed E-state index contributed by atoms with van der Waals surface area (Å²) in [6.45, 7) is 1.85. The predicted octanol–water partition coefficient (Wildman–Crippen LogP) is 0.639. The Kier molecular flexibility index (Phi) is 5.33. The van der Waals surface area contributed by atoms with Crippen LogP contribution in [0.3, 0.4) is 0 Å². The maximum atomic E-state index is 12.5. The van der Waals surface area contributed by atoms with Crippen LogP contribution in [-0.2, 0) is 21.1 Å². The summed E-state index contributed by atoms with van der Waals surface area (Å²) in [6.07, 6.45) is 1.12. The fraction of sp³-hybridized carbons (Fsp3) is 0.200. The number of aryl methyl sites for hydroxylation is 3. The van der Waals surface area contributed by atoms with Crippen LogP contribution < -0.4 is 22.2 Å². The largest absolute Gasteiger partial charge is 0.494 e. The van der Waals surface area contributed by atoms with Gasteiger partial charge in [0, 0.05) is 21.1 Å². The molecule has 13 heteroatoms. The highest BCUT2D eigenvalue weighted by Crippen LogP contribution is 2.21. The van der Waals surface area contributed by atoms with E-state index in [9.17, 15) is 19.5 Å². The fourth-order valence-corrected chi connectivity index (χ4v) is 3.74. The summed E-state index contributed by atoms with van der Waals surface area (Å²) in [4.78, 5) is 43.8. The second kappa shape index (κ2) is 8.02. The number of hydrogen-bond acceptors (Lipinski definition) is 8. The lowest BCUT2D eigenvalue weighted by molar-refractivity contribution is 0.432. The topological polar surface area (TPSA) is 144 Å². The third-order valence-electron chi connectivity index (χ3n) is 5.31. The molecule has 0 bridgehead atoms. The molecule has 0 saturated heterocycles. The Bertz CT molecular complexity index is 1690. The lowest BCUT2D eigenvalue weighted by Gasteiger charge is -2.13. The minimum atomic E-state index is -0.630. The second-order valence-electron chi connectivity index (χ2n) is 7.36. The molecular weight excluding hydrogens is 448 g/mol. The summed E-state index contributed by atoms with van der Waals surface area (Å²) >= 11 is 5.23. The number of hydrazone groups is 1. The van der Waals surface area contributed by atoms with E-state index in [1.807, 2.05) is 19.1 Å². The molecule has 0 saturated carbocycles. The third kappa shape index (κ3) is 3.47. The SMILES string of the molecule is Cc1ccccc1-n1c(O)c(/C=N/Nc2nc3c(c(=O)n(C)c(=O)n3C)n2C)c(=O)[nH]c1=S. The van der Waals surface area contributed by atoms with Crippen LogP contribution in [0.25, 0.3) is 16.9 Å². The number of para-hydroxylation sites is 1. The van der Waals surface area contributed by atoms with Crippen molar-refractivity contribution in [1.29, 1.82) is 0 Å². The molecule has 0 aliphatic heterocycles. The summed E-state index contributed by atoms with van der Waals surface area (Å²) in [6, 6.07) is 7.23. The number of aromatic hydroxyl groups is 1. The predicted molar refractivity (Wildman–Crippen MR) is 126 cm³/mol. The van der Waals surface area contributed by atoms with Crippen LogP contribution in [0.2, 0.25) is 0 Å². The number of aromatic nitrogens is 6. The van der Waals surface area contributed by atoms with E-state index in [-0.39, 0.29) is 33.3 Å². The van der Waals surface area contributed by atoms with Gasteiger partial charge in [-0.1, -0.05) is 18.2 Å². The third-order valence-corrected chi connectivity index (χ3v) is 5.60. The van der Waals surface area contributed by atoms with Gasteiger partial charge in [0.25, 0.3) is 11.1 Å². The number of imidazole rings is 1. The van der Waals surface area contributed by atoms with Crippen LogP contribution in [-0.4, -0.2) is 39.6 Å². The Morgan fingerprint density at radius 3 is 2.52 bits per heavy atom. The van der Waals surface area contributed by atoms with Crippen molar-refractivity contribution in [3.05, 3.63) is 71.4 Å². The van der Waals surface area contributed by atoms with Gasteiger partial charge in [-0.15, -0.1) is 0 Å². The molecule has 0 fully saturated rings. The van der Waals surface area contributed by atoms with E-state index >= 15 is 0 Å². The van der Waals surface area contributed by atoms with Crippen molar-refractivity contribution in [3.63, 3.8) is 0 Å². The Hall–Kier alpha value is -4.26. The lowest BCUT2D eigenvalue weighted by Crippen LogP contribution is -2.37. The highest BCUT2D eigenvalue weighted by Gasteiger charge is 2.17. The minimum Gasteiger partial charge on any atom is -0.494 e. The molecule has 170 valence electrons. The minimum absolute atomic E-state index is 0.0315. The molecule has 3 heterocycles. The van der Waals surface area contributed by atoms with E-state index in [1.165, 1.54) is 27.8 Å². The zero-order valence-electron chi connectivity index (χ0n) is 18.2. The highest BCUT2D eigenvalue weighted by atomic mass is 32.1. The molecule has 33 heavy (non-hydrogen) atoms. The first kappa shape index (κ1) is 22.0. The van der Waals surface area contributed by atoms with Gasteiger partial charge < -0.3 is 9.67 Å². The Balaban J connectivity index is 1.78. The first-order valence-electron chi connectivity index (χ1n) is 9.69. The molecule has 0 amide bonds. The number of nitrogens with one attached hydrogen (secondary N) is 2. The van der Waals surface area contributed by atoms with E-state index in [2.05, 4.69) is 20.5 Å². The van der Waals surface area contributed by atoms with Gasteiger partial charge in [-0.3, -0.25) is 28.3 Å². The Labute approximate surface area is 190 Å². The quantitative estimate of drug-likeness (QED) is 0.226. The van der Waals surface area contributed by atoms with Crippen LogP contribution in [0.1, 0.15) is 11.1 Å². The van der Waals surface area contributed by atoms with Crippen molar-refractivity contribution >= 4 is 35.5 Å². The van der Waals surface area contributed by atoms with E-state index in [0.29, 0.717) is 5.69 Å². The Morgan fingerprint density at radius 1 is 1.12 bits per heavy atom. The zero-order chi connectivity index (χ0) is 24.0. The van der Waals surface area contributed by atoms with Crippen molar-refractivity contribution in [2.24, 2.45) is 26.2 Å². The van der Waals surface area contributed by atoms with Crippen molar-refractivity contribution in [2.75, 3.05) is 5.43 Å². The fourth-order valence-electron chi connectivity index (χ4n) is 3.47. The second-order valence-corrected chi connectivity index (χ2v) is 7.75. The van der Waals surface area contributed by atoms with Gasteiger partial charge in [0.15, 0.2) is 15.9 Å². The molecule has 0 unspecified atom stereocenters. The number of hydrogen-bond donors (Lipinski definition) is 3. The van der Waals surface area contributed by atoms with Gasteiger partial charge >= 0.3 is 5.69 Å². The summed E-state index contributed by atoms with van der Waals surface area (Å²) < 4.78 is 5.04. The first-order valence-corrected chi connectivity index (χ1v) is 10.1. The van der Waals surface area contributed by atoms with Crippen LogP contribution in [0.5, 0.6) is 5.88 Å². The normalized spacial score (nSPS) is 11.5. The number of anilines is 1. The molecule has 4 rings (SSSR count). The first-order chi connectivity index (χ1) is 15.6. The van der Waals surface area contributed by atoms with Crippen molar-refractivity contribution in [3.8, 4) is 11.6 Å². The van der Waals surface area contributed by atoms with Crippen molar-refractivity contribution in [1.82, 2.24) is 28.2 Å². The van der Waals surface area contributed by atoms with E-state index in [1.54, 1.807) is 19.2 Å². The molecule has 3 N–H and O–H groups in total. The molecule has 4 aromatic rings. The average molecular weight is 468 g/mol. The summed E-state index contributed by atoms with van der Waals surface area (Å²) in [5, 5.41) is 14.8. The van der Waals surface area contributed by atoms with Crippen LogP contribution >= 0.6 is 12.2 Å². The molecule has 0 radical (unpaired) electrons. The molecule has 12 nitrogen and oxygen atoms in total. The standard InChI is InChI=1S/C20H20N8O4S/c1-10-7-5-6-8-12(10)28-16(30)11(15(29)23-19(28)33)9-21-24-18-22-14-13(25(18)2)17(31)27(4)20(32)26(14)3/h5-9,30H,1-4H3,(H,22,24)(H,23,29,33)/b21-9+. The highest BCUT2D eigenvalue weighted by molar-refractivity contribution is 7.71. The van der Waals surface area contributed by atoms with Gasteiger partial charge in [0.1, 0.15) is 5.56 Å². The monoisotopic (exact) mass is 468 g/mol. The molecule has 0 spiro atoms. The molecule has 3 aromatic heterocycles. The molecule has 0 atom stereocenters. The van der Waals surface area contributed by atoms with Crippen LogP contribution in [0.15, 0.2) is 43.8 Å². The van der Waals surface area contributed by atoms with Gasteiger partial charge in [-0.05, 0) is 30.8 Å². The number of aromatic amines is 1. The summed E-state index contributed by atoms with van der Waals surface area (Å²) in [7, 11) is 4.47. The van der Waals surface area contributed by atoms with Crippen molar-refractivity contribution < 1.29 is 5.11 Å². The van der Waals surface area contributed by atoms with E-state index < -0.39 is 16.8 Å². The molecule has 0 aliphatic carbocycles. The number of benzene rings is 1. The number of H-pyrrole nitrogens is 1. The Morgan fingerprint density at radius 2 is 1.82 bits per heavy atom.